The molecule has 1 fully saturated rings. The van der Waals surface area contributed by atoms with E-state index in [-0.39, 0.29) is 6.10 Å². The van der Waals surface area contributed by atoms with Gasteiger partial charge in [0.15, 0.2) is 0 Å². The lowest BCUT2D eigenvalue weighted by molar-refractivity contribution is 0.163. The minimum atomic E-state index is 0.198. The number of nitrogens with one attached hydrogen (secondary N) is 1. The summed E-state index contributed by atoms with van der Waals surface area (Å²) < 4.78 is 5.99. The zero-order valence-electron chi connectivity index (χ0n) is 13.3. The molecule has 0 radical (unpaired) electrons. The van der Waals surface area contributed by atoms with Gasteiger partial charge in [-0.3, -0.25) is 0 Å². The summed E-state index contributed by atoms with van der Waals surface area (Å²) >= 11 is 0. The predicted molar refractivity (Wildman–Crippen MR) is 83.0 cm³/mol. The zero-order valence-corrected chi connectivity index (χ0v) is 13.3. The van der Waals surface area contributed by atoms with E-state index in [2.05, 4.69) is 50.1 Å². The molecule has 2 rings (SSSR count). The molecule has 3 heteroatoms. The van der Waals surface area contributed by atoms with E-state index < -0.39 is 0 Å². The second-order valence-corrected chi connectivity index (χ2v) is 6.28. The van der Waals surface area contributed by atoms with E-state index in [4.69, 9.17) is 4.74 Å². The molecule has 1 atom stereocenters. The van der Waals surface area contributed by atoms with Crippen LogP contribution in [0.4, 0.5) is 0 Å². The molecule has 0 amide bonds. The second-order valence-electron chi connectivity index (χ2n) is 6.28. The van der Waals surface area contributed by atoms with E-state index in [0.717, 1.165) is 37.0 Å². The molecule has 1 saturated carbocycles. The molecule has 1 heterocycles. The lowest BCUT2D eigenvalue weighted by Crippen LogP contribution is -2.20. The fourth-order valence-corrected chi connectivity index (χ4v) is 2.04. The molecule has 20 heavy (non-hydrogen) atoms. The Morgan fingerprint density at radius 3 is 2.65 bits per heavy atom. The maximum Gasteiger partial charge on any atom is 0.214 e. The summed E-state index contributed by atoms with van der Waals surface area (Å²) in [7, 11) is 0. The van der Waals surface area contributed by atoms with Gasteiger partial charge < -0.3 is 10.1 Å². The van der Waals surface area contributed by atoms with Crippen molar-refractivity contribution in [2.45, 2.75) is 72.1 Å². The van der Waals surface area contributed by atoms with Crippen LogP contribution in [0.3, 0.4) is 0 Å². The molecular weight excluding hydrogens is 248 g/mol. The number of ether oxygens (including phenoxy) is 1. The van der Waals surface area contributed by atoms with Gasteiger partial charge in [0.05, 0.1) is 6.10 Å². The summed E-state index contributed by atoms with van der Waals surface area (Å²) in [4.78, 5) is 4.64. The van der Waals surface area contributed by atoms with Gasteiger partial charge in [-0.25, -0.2) is 4.98 Å². The van der Waals surface area contributed by atoms with Crippen molar-refractivity contribution in [3.63, 3.8) is 0 Å². The first-order valence-electron chi connectivity index (χ1n) is 7.98. The number of aryl methyl sites for hydroxylation is 1. The summed E-state index contributed by atoms with van der Waals surface area (Å²) in [6.07, 6.45) is 4.97. The van der Waals surface area contributed by atoms with Gasteiger partial charge in [-0.05, 0) is 43.7 Å². The van der Waals surface area contributed by atoms with Crippen molar-refractivity contribution in [2.24, 2.45) is 5.92 Å². The first-order valence-corrected chi connectivity index (χ1v) is 7.98. The van der Waals surface area contributed by atoms with E-state index in [1.807, 2.05) is 0 Å². The zero-order chi connectivity index (χ0) is 14.5. The quantitative estimate of drug-likeness (QED) is 0.786. The molecule has 1 aromatic heterocycles. The Balaban J connectivity index is 2.07. The topological polar surface area (TPSA) is 34.1 Å². The highest BCUT2D eigenvalue weighted by molar-refractivity contribution is 5.25. The molecule has 1 aliphatic rings. The molecule has 0 aromatic carbocycles. The summed E-state index contributed by atoms with van der Waals surface area (Å²) in [5.74, 6) is 1.28. The van der Waals surface area contributed by atoms with Gasteiger partial charge in [-0.2, -0.15) is 0 Å². The molecule has 0 bridgehead atoms. The minimum absolute atomic E-state index is 0.198. The first kappa shape index (κ1) is 15.3. The number of hydrogen-bond donors (Lipinski definition) is 1. The van der Waals surface area contributed by atoms with Crippen LogP contribution in [0.1, 0.15) is 58.2 Å². The Labute approximate surface area is 123 Å². The minimum Gasteiger partial charge on any atom is -0.474 e. The van der Waals surface area contributed by atoms with Crippen LogP contribution in [0.25, 0.3) is 0 Å². The third kappa shape index (κ3) is 4.78. The fourth-order valence-electron chi connectivity index (χ4n) is 2.04. The molecular formula is C17H28N2O. The van der Waals surface area contributed by atoms with Crippen LogP contribution in [0, 0.1) is 5.92 Å². The average molecular weight is 276 g/mol. The third-order valence-corrected chi connectivity index (χ3v) is 3.84. The maximum atomic E-state index is 5.99. The van der Waals surface area contributed by atoms with E-state index in [0.29, 0.717) is 5.92 Å². The highest BCUT2D eigenvalue weighted by atomic mass is 16.5. The van der Waals surface area contributed by atoms with Crippen molar-refractivity contribution in [1.82, 2.24) is 10.3 Å². The number of rotatable bonds is 8. The van der Waals surface area contributed by atoms with E-state index >= 15 is 0 Å². The lowest BCUT2D eigenvalue weighted by atomic mass is 10.1. The number of pyridine rings is 1. The average Bonchev–Trinajstić information content (AvgIpc) is 3.20. The van der Waals surface area contributed by atoms with Crippen molar-refractivity contribution in [1.29, 1.82) is 0 Å². The molecule has 0 saturated heterocycles. The van der Waals surface area contributed by atoms with Crippen molar-refractivity contribution < 1.29 is 4.74 Å². The van der Waals surface area contributed by atoms with Crippen LogP contribution in [-0.2, 0) is 13.0 Å². The predicted octanol–water partition coefficient (Wildman–Crippen LogP) is 3.71. The van der Waals surface area contributed by atoms with Crippen molar-refractivity contribution in [3.05, 3.63) is 23.4 Å². The van der Waals surface area contributed by atoms with Crippen LogP contribution >= 0.6 is 0 Å². The largest absolute Gasteiger partial charge is 0.474 e. The van der Waals surface area contributed by atoms with E-state index in [1.54, 1.807) is 0 Å². The summed E-state index contributed by atoms with van der Waals surface area (Å²) in [6, 6.07) is 5.04. The summed E-state index contributed by atoms with van der Waals surface area (Å²) in [5, 5.41) is 3.56. The maximum absolute atomic E-state index is 5.99. The first-order chi connectivity index (χ1) is 9.58. The van der Waals surface area contributed by atoms with Crippen molar-refractivity contribution in [3.8, 4) is 5.88 Å². The molecule has 3 nitrogen and oxygen atoms in total. The van der Waals surface area contributed by atoms with Crippen LogP contribution in [0.5, 0.6) is 5.88 Å². The van der Waals surface area contributed by atoms with Crippen molar-refractivity contribution in [2.75, 3.05) is 0 Å². The Morgan fingerprint density at radius 2 is 2.05 bits per heavy atom. The molecule has 1 aromatic rings. The van der Waals surface area contributed by atoms with Gasteiger partial charge in [0.1, 0.15) is 0 Å². The molecule has 0 spiro atoms. The molecule has 1 aliphatic carbocycles. The summed E-state index contributed by atoms with van der Waals surface area (Å²) in [5.41, 5.74) is 2.44. The Bertz CT molecular complexity index is 427. The molecule has 1 unspecified atom stereocenters. The van der Waals surface area contributed by atoms with Crippen LogP contribution in [-0.4, -0.2) is 17.1 Å². The molecule has 0 aliphatic heterocycles. The third-order valence-electron chi connectivity index (χ3n) is 3.84. The van der Waals surface area contributed by atoms with Crippen LogP contribution in [0.15, 0.2) is 12.1 Å². The lowest BCUT2D eigenvalue weighted by Gasteiger charge is -2.18. The summed E-state index contributed by atoms with van der Waals surface area (Å²) in [6.45, 7) is 9.58. The van der Waals surface area contributed by atoms with Gasteiger partial charge in [0, 0.05) is 24.3 Å². The highest BCUT2D eigenvalue weighted by Gasteiger charge is 2.20. The Morgan fingerprint density at radius 1 is 1.30 bits per heavy atom. The van der Waals surface area contributed by atoms with Gasteiger partial charge >= 0.3 is 0 Å². The molecule has 1 N–H and O–H groups in total. The number of nitrogens with zero attached hydrogens (tertiary/aromatic N) is 1. The number of hydrogen-bond acceptors (Lipinski definition) is 3. The van der Waals surface area contributed by atoms with Gasteiger partial charge in [0.25, 0.3) is 0 Å². The fraction of sp³-hybridized carbons (Fsp3) is 0.706. The van der Waals surface area contributed by atoms with Crippen LogP contribution < -0.4 is 10.1 Å². The molecule has 112 valence electrons. The highest BCUT2D eigenvalue weighted by Crippen LogP contribution is 2.21. The normalized spacial score (nSPS) is 16.4. The van der Waals surface area contributed by atoms with E-state index in [1.165, 1.54) is 18.4 Å². The Hall–Kier alpha value is -1.09. The van der Waals surface area contributed by atoms with Crippen molar-refractivity contribution >= 4 is 0 Å². The van der Waals surface area contributed by atoms with Gasteiger partial charge in [0.2, 0.25) is 5.88 Å². The second kappa shape index (κ2) is 7.07. The van der Waals surface area contributed by atoms with E-state index in [9.17, 15) is 0 Å². The standard InChI is InChI=1S/C17H28N2O/c1-5-6-16-9-14(11-18-15-7-8-15)10-17(19-16)20-13(4)12(2)3/h9-10,12-13,15,18H,5-8,11H2,1-4H3. The van der Waals surface area contributed by atoms with Gasteiger partial charge in [-0.1, -0.05) is 27.2 Å². The smallest absolute Gasteiger partial charge is 0.214 e. The SMILES string of the molecule is CCCc1cc(CNC2CC2)cc(OC(C)C(C)C)n1. The number of aromatic nitrogens is 1. The Kier molecular flexibility index (Phi) is 5.41. The van der Waals surface area contributed by atoms with Crippen LogP contribution in [0.2, 0.25) is 0 Å². The monoisotopic (exact) mass is 276 g/mol. The van der Waals surface area contributed by atoms with Gasteiger partial charge in [-0.15, -0.1) is 0 Å².